The van der Waals surface area contributed by atoms with Gasteiger partial charge in [0, 0.05) is 19.6 Å². The maximum absolute atomic E-state index is 12.9. The summed E-state index contributed by atoms with van der Waals surface area (Å²) in [5, 5.41) is 4.64. The van der Waals surface area contributed by atoms with Gasteiger partial charge >= 0.3 is 0 Å². The Balaban J connectivity index is 1.49. The molecule has 2 fully saturated rings. The SMILES string of the molecule is CN1CC(C(=O)NCc2ccccc2)C2NN(c3ccccc3)C(=O)C2C1. The van der Waals surface area contributed by atoms with E-state index in [1.807, 2.05) is 67.7 Å². The van der Waals surface area contributed by atoms with Crippen molar-refractivity contribution < 1.29 is 9.59 Å². The predicted octanol–water partition coefficient (Wildman–Crippen LogP) is 1.40. The van der Waals surface area contributed by atoms with E-state index in [0.717, 1.165) is 11.3 Å². The zero-order valence-electron chi connectivity index (χ0n) is 15.3. The van der Waals surface area contributed by atoms with Gasteiger partial charge in [-0.15, -0.1) is 0 Å². The quantitative estimate of drug-likeness (QED) is 0.861. The maximum Gasteiger partial charge on any atom is 0.247 e. The number of amides is 2. The lowest BCUT2D eigenvalue weighted by Crippen LogP contribution is -2.56. The molecule has 2 aliphatic heterocycles. The van der Waals surface area contributed by atoms with Crippen LogP contribution in [0, 0.1) is 11.8 Å². The van der Waals surface area contributed by atoms with Crippen LogP contribution in [0.4, 0.5) is 5.69 Å². The molecule has 2 aromatic carbocycles. The highest BCUT2D eigenvalue weighted by Crippen LogP contribution is 2.31. The van der Waals surface area contributed by atoms with Gasteiger partial charge in [-0.1, -0.05) is 48.5 Å². The molecule has 140 valence electrons. The summed E-state index contributed by atoms with van der Waals surface area (Å²) in [4.78, 5) is 27.9. The van der Waals surface area contributed by atoms with Gasteiger partial charge in [-0.3, -0.25) is 9.59 Å². The average Bonchev–Trinajstić information content (AvgIpc) is 3.03. The molecule has 6 nitrogen and oxygen atoms in total. The lowest BCUT2D eigenvalue weighted by molar-refractivity contribution is -0.129. The van der Waals surface area contributed by atoms with Crippen molar-refractivity contribution in [1.29, 1.82) is 0 Å². The summed E-state index contributed by atoms with van der Waals surface area (Å²) in [7, 11) is 1.96. The normalized spacial score (nSPS) is 25.3. The third kappa shape index (κ3) is 3.59. The Hall–Kier alpha value is -2.70. The van der Waals surface area contributed by atoms with Crippen LogP contribution in [0.25, 0.3) is 0 Å². The second kappa shape index (κ2) is 7.50. The highest BCUT2D eigenvalue weighted by Gasteiger charge is 2.50. The number of hydrogen-bond donors (Lipinski definition) is 2. The summed E-state index contributed by atoms with van der Waals surface area (Å²) in [6.07, 6.45) is 0. The number of carbonyl (C=O) groups is 2. The Morgan fingerprint density at radius 1 is 1.07 bits per heavy atom. The molecule has 0 bridgehead atoms. The van der Waals surface area contributed by atoms with Gasteiger partial charge in [0.15, 0.2) is 0 Å². The maximum atomic E-state index is 12.9. The Morgan fingerprint density at radius 3 is 2.44 bits per heavy atom. The van der Waals surface area contributed by atoms with Crippen molar-refractivity contribution in [1.82, 2.24) is 15.6 Å². The molecule has 2 saturated heterocycles. The van der Waals surface area contributed by atoms with Crippen LogP contribution in [0.3, 0.4) is 0 Å². The van der Waals surface area contributed by atoms with Crippen LogP contribution in [0.15, 0.2) is 60.7 Å². The lowest BCUT2D eigenvalue weighted by Gasteiger charge is -2.36. The van der Waals surface area contributed by atoms with Crippen molar-refractivity contribution in [3.8, 4) is 0 Å². The Labute approximate surface area is 159 Å². The molecule has 3 atom stereocenters. The van der Waals surface area contributed by atoms with E-state index in [4.69, 9.17) is 0 Å². The number of fused-ring (bicyclic) bond motifs is 1. The van der Waals surface area contributed by atoms with Crippen molar-refractivity contribution in [3.05, 3.63) is 66.2 Å². The summed E-state index contributed by atoms with van der Waals surface area (Å²) in [6, 6.07) is 19.2. The summed E-state index contributed by atoms with van der Waals surface area (Å²) < 4.78 is 0. The van der Waals surface area contributed by atoms with Crippen molar-refractivity contribution >= 4 is 17.5 Å². The summed E-state index contributed by atoms with van der Waals surface area (Å²) in [5.41, 5.74) is 5.18. The molecule has 0 radical (unpaired) electrons. The van der Waals surface area contributed by atoms with Crippen LogP contribution in [0.2, 0.25) is 0 Å². The van der Waals surface area contributed by atoms with Gasteiger partial charge in [0.2, 0.25) is 11.8 Å². The number of para-hydroxylation sites is 1. The fourth-order valence-corrected chi connectivity index (χ4v) is 3.98. The molecule has 6 heteroatoms. The molecule has 27 heavy (non-hydrogen) atoms. The fourth-order valence-electron chi connectivity index (χ4n) is 3.98. The standard InChI is InChI=1S/C21H24N4O2/c1-24-13-17(20(26)22-12-15-8-4-2-5-9-15)19-18(14-24)21(27)25(23-19)16-10-6-3-7-11-16/h2-11,17-19,23H,12-14H2,1H3,(H,22,26). The van der Waals surface area contributed by atoms with Gasteiger partial charge in [0.1, 0.15) is 0 Å². The molecular weight excluding hydrogens is 340 g/mol. The monoisotopic (exact) mass is 364 g/mol. The number of nitrogens with one attached hydrogen (secondary N) is 2. The van der Waals surface area contributed by atoms with E-state index in [1.54, 1.807) is 5.01 Å². The average molecular weight is 364 g/mol. The Kier molecular flexibility index (Phi) is 4.92. The number of hydrazine groups is 1. The number of anilines is 1. The van der Waals surface area contributed by atoms with E-state index in [9.17, 15) is 9.59 Å². The highest BCUT2D eigenvalue weighted by molar-refractivity contribution is 5.98. The molecule has 0 saturated carbocycles. The first kappa shape index (κ1) is 17.7. The molecular formula is C21H24N4O2. The number of likely N-dealkylation sites (tertiary alicyclic amines) is 1. The Bertz CT molecular complexity index is 811. The van der Waals surface area contributed by atoms with Gasteiger partial charge in [-0.05, 0) is 24.7 Å². The van der Waals surface area contributed by atoms with Crippen LogP contribution >= 0.6 is 0 Å². The van der Waals surface area contributed by atoms with Gasteiger partial charge in [0.05, 0.1) is 23.6 Å². The first-order valence-electron chi connectivity index (χ1n) is 9.29. The van der Waals surface area contributed by atoms with Gasteiger partial charge < -0.3 is 10.2 Å². The van der Waals surface area contributed by atoms with Crippen molar-refractivity contribution in [3.63, 3.8) is 0 Å². The molecule has 0 spiro atoms. The minimum Gasteiger partial charge on any atom is -0.352 e. The third-order valence-corrected chi connectivity index (χ3v) is 5.36. The van der Waals surface area contributed by atoms with E-state index >= 15 is 0 Å². The van der Waals surface area contributed by atoms with Crippen molar-refractivity contribution in [2.75, 3.05) is 25.1 Å². The summed E-state index contributed by atoms with van der Waals surface area (Å²) in [5.74, 6) is -0.499. The first-order valence-corrected chi connectivity index (χ1v) is 9.29. The lowest BCUT2D eigenvalue weighted by atomic mass is 9.84. The molecule has 0 aromatic heterocycles. The number of benzene rings is 2. The second-order valence-electron chi connectivity index (χ2n) is 7.30. The molecule has 2 heterocycles. The number of piperidine rings is 1. The minimum absolute atomic E-state index is 0.0179. The van der Waals surface area contributed by atoms with Crippen LogP contribution in [-0.4, -0.2) is 42.9 Å². The van der Waals surface area contributed by atoms with E-state index in [1.165, 1.54) is 0 Å². The van der Waals surface area contributed by atoms with Crippen LogP contribution in [-0.2, 0) is 16.1 Å². The molecule has 2 N–H and O–H groups in total. The van der Waals surface area contributed by atoms with E-state index in [2.05, 4.69) is 15.6 Å². The molecule has 2 aromatic rings. The summed E-state index contributed by atoms with van der Waals surface area (Å²) in [6.45, 7) is 1.78. The predicted molar refractivity (Wildman–Crippen MR) is 104 cm³/mol. The second-order valence-corrected chi connectivity index (χ2v) is 7.30. The fraction of sp³-hybridized carbons (Fsp3) is 0.333. The van der Waals surface area contributed by atoms with Crippen LogP contribution in [0.5, 0.6) is 0 Å². The van der Waals surface area contributed by atoms with Gasteiger partial charge in [-0.2, -0.15) is 0 Å². The molecule has 2 amide bonds. The molecule has 4 rings (SSSR count). The minimum atomic E-state index is -0.282. The number of carbonyl (C=O) groups excluding carboxylic acids is 2. The van der Waals surface area contributed by atoms with Crippen LogP contribution in [0.1, 0.15) is 5.56 Å². The zero-order chi connectivity index (χ0) is 18.8. The number of hydrogen-bond acceptors (Lipinski definition) is 4. The largest absolute Gasteiger partial charge is 0.352 e. The zero-order valence-corrected chi connectivity index (χ0v) is 15.3. The molecule has 0 aliphatic carbocycles. The Morgan fingerprint density at radius 2 is 1.74 bits per heavy atom. The topological polar surface area (TPSA) is 64.7 Å². The van der Waals surface area contributed by atoms with E-state index in [-0.39, 0.29) is 29.7 Å². The van der Waals surface area contributed by atoms with Gasteiger partial charge in [-0.25, -0.2) is 10.4 Å². The third-order valence-electron chi connectivity index (χ3n) is 5.36. The van der Waals surface area contributed by atoms with E-state index < -0.39 is 0 Å². The van der Waals surface area contributed by atoms with Gasteiger partial charge in [0.25, 0.3) is 0 Å². The van der Waals surface area contributed by atoms with E-state index in [0.29, 0.717) is 19.6 Å². The molecule has 2 aliphatic rings. The highest BCUT2D eigenvalue weighted by atomic mass is 16.2. The van der Waals surface area contributed by atoms with Crippen molar-refractivity contribution in [2.24, 2.45) is 11.8 Å². The van der Waals surface area contributed by atoms with Crippen LogP contribution < -0.4 is 15.8 Å². The van der Waals surface area contributed by atoms with Crippen molar-refractivity contribution in [2.45, 2.75) is 12.6 Å². The first-order chi connectivity index (χ1) is 13.1. The molecule has 3 unspecified atom stereocenters. The number of rotatable bonds is 4. The smallest absolute Gasteiger partial charge is 0.247 e. The number of nitrogens with zero attached hydrogens (tertiary/aromatic N) is 2. The summed E-state index contributed by atoms with van der Waals surface area (Å²) >= 11 is 0.